The van der Waals surface area contributed by atoms with E-state index in [-0.39, 0.29) is 12.1 Å². The van der Waals surface area contributed by atoms with Gasteiger partial charge in [-0.25, -0.2) is 4.79 Å². The number of rotatable bonds is 5. The Morgan fingerprint density at radius 2 is 1.95 bits per heavy atom. The number of hydrogen-bond donors (Lipinski definition) is 2. The molecule has 104 valence electrons. The van der Waals surface area contributed by atoms with Gasteiger partial charge in [0.2, 0.25) is 0 Å². The van der Waals surface area contributed by atoms with Crippen LogP contribution in [0.1, 0.15) is 31.9 Å². The Hall–Kier alpha value is -2.15. The predicted molar refractivity (Wildman–Crippen MR) is 65.9 cm³/mol. The lowest BCUT2D eigenvalue weighted by Gasteiger charge is -2.24. The smallest absolute Gasteiger partial charge is 0.450 e. The normalized spacial score (nSPS) is 12.8. The van der Waals surface area contributed by atoms with Crippen molar-refractivity contribution in [3.05, 3.63) is 39.9 Å². The molecule has 0 heterocycles. The highest BCUT2D eigenvalue weighted by Crippen LogP contribution is 2.28. The number of nitro groups is 1. The van der Waals surface area contributed by atoms with E-state index in [4.69, 9.17) is 9.84 Å². The molecular formula is C12H15NO6. The maximum absolute atomic E-state index is 10.6. The number of carboxylic acid groups (broad SMARTS) is 1. The van der Waals surface area contributed by atoms with Crippen molar-refractivity contribution in [1.82, 2.24) is 0 Å². The van der Waals surface area contributed by atoms with Gasteiger partial charge in [-0.05, 0) is 31.5 Å². The van der Waals surface area contributed by atoms with Crippen LogP contribution in [0.5, 0.6) is 0 Å². The number of non-ortho nitro benzene ring substituents is 1. The van der Waals surface area contributed by atoms with Crippen LogP contribution in [0, 0.1) is 10.1 Å². The third-order valence-corrected chi connectivity index (χ3v) is 2.40. The van der Waals surface area contributed by atoms with Crippen LogP contribution in [-0.4, -0.2) is 26.9 Å². The Kier molecular flexibility index (Phi) is 4.44. The van der Waals surface area contributed by atoms with Crippen molar-refractivity contribution >= 4 is 11.8 Å². The van der Waals surface area contributed by atoms with E-state index in [0.29, 0.717) is 5.56 Å². The van der Waals surface area contributed by atoms with Crippen molar-refractivity contribution < 1.29 is 24.7 Å². The number of aliphatic hydroxyl groups is 1. The predicted octanol–water partition coefficient (Wildman–Crippen LogP) is 2.49. The molecule has 1 aromatic carbocycles. The van der Waals surface area contributed by atoms with E-state index in [2.05, 4.69) is 0 Å². The molecule has 1 rings (SSSR count). The van der Waals surface area contributed by atoms with Crippen LogP contribution in [0.3, 0.4) is 0 Å². The molecule has 0 radical (unpaired) electrons. The largest absolute Gasteiger partial charge is 0.506 e. The number of hydrogen-bond acceptors (Lipinski definition) is 5. The Morgan fingerprint density at radius 1 is 1.42 bits per heavy atom. The van der Waals surface area contributed by atoms with Crippen LogP contribution >= 0.6 is 0 Å². The number of nitro benzene ring substituents is 1. The molecule has 0 fully saturated rings. The van der Waals surface area contributed by atoms with Gasteiger partial charge >= 0.3 is 6.16 Å². The maximum atomic E-state index is 10.6. The molecule has 0 aromatic heterocycles. The molecule has 7 heteroatoms. The first kappa shape index (κ1) is 14.9. The van der Waals surface area contributed by atoms with Gasteiger partial charge in [0.15, 0.2) is 0 Å². The molecule has 2 N–H and O–H groups in total. The minimum absolute atomic E-state index is 0.0527. The lowest BCUT2D eigenvalue weighted by Crippen LogP contribution is -2.24. The fourth-order valence-corrected chi connectivity index (χ4v) is 1.61. The zero-order chi connectivity index (χ0) is 14.6. The molecular weight excluding hydrogens is 254 g/mol. The van der Waals surface area contributed by atoms with E-state index in [0.717, 1.165) is 0 Å². The van der Waals surface area contributed by atoms with Gasteiger partial charge in [-0.1, -0.05) is 0 Å². The summed E-state index contributed by atoms with van der Waals surface area (Å²) in [5.74, 6) is 0. The molecule has 7 nitrogen and oxygen atoms in total. The number of carbonyl (C=O) groups is 1. The highest BCUT2D eigenvalue weighted by Gasteiger charge is 2.25. The van der Waals surface area contributed by atoms with Crippen molar-refractivity contribution in [2.75, 3.05) is 0 Å². The third kappa shape index (κ3) is 4.92. The molecule has 0 aliphatic carbocycles. The Balaban J connectivity index is 2.96. The zero-order valence-corrected chi connectivity index (χ0v) is 10.6. The first-order valence-electron chi connectivity index (χ1n) is 5.55. The molecule has 1 aromatic rings. The van der Waals surface area contributed by atoms with Gasteiger partial charge in [0.25, 0.3) is 5.69 Å². The second-order valence-corrected chi connectivity index (χ2v) is 4.74. The number of nitrogens with zero attached hydrogens (tertiary/aromatic N) is 1. The lowest BCUT2D eigenvalue weighted by molar-refractivity contribution is -0.384. The second kappa shape index (κ2) is 5.66. The van der Waals surface area contributed by atoms with Crippen LogP contribution in [0.25, 0.3) is 0 Å². The average Bonchev–Trinajstić information content (AvgIpc) is 2.25. The Morgan fingerprint density at radius 3 is 2.32 bits per heavy atom. The summed E-state index contributed by atoms with van der Waals surface area (Å²) in [7, 11) is 0. The van der Waals surface area contributed by atoms with E-state index in [9.17, 15) is 20.0 Å². The van der Waals surface area contributed by atoms with Gasteiger partial charge in [0.05, 0.1) is 10.5 Å². The minimum atomic E-state index is -1.47. The fourth-order valence-electron chi connectivity index (χ4n) is 1.61. The van der Waals surface area contributed by atoms with Gasteiger partial charge in [0.1, 0.15) is 6.10 Å². The van der Waals surface area contributed by atoms with Crippen molar-refractivity contribution in [3.63, 3.8) is 0 Å². The summed E-state index contributed by atoms with van der Waals surface area (Å²) in [6, 6.07) is 5.35. The summed E-state index contributed by atoms with van der Waals surface area (Å²) in [5.41, 5.74) is -0.766. The number of ether oxygens (including phenoxy) is 1. The van der Waals surface area contributed by atoms with Crippen molar-refractivity contribution in [2.45, 2.75) is 32.0 Å². The van der Waals surface area contributed by atoms with E-state index in [1.807, 2.05) is 0 Å². The highest BCUT2D eigenvalue weighted by molar-refractivity contribution is 5.57. The van der Waals surface area contributed by atoms with Crippen LogP contribution in [0.15, 0.2) is 24.3 Å². The maximum Gasteiger partial charge on any atom is 0.506 e. The molecule has 19 heavy (non-hydrogen) atoms. The second-order valence-electron chi connectivity index (χ2n) is 4.74. The van der Waals surface area contributed by atoms with Crippen molar-refractivity contribution in [1.29, 1.82) is 0 Å². The minimum Gasteiger partial charge on any atom is -0.450 e. The van der Waals surface area contributed by atoms with Crippen LogP contribution in [-0.2, 0) is 4.74 Å². The molecule has 0 saturated carbocycles. The first-order valence-corrected chi connectivity index (χ1v) is 5.55. The van der Waals surface area contributed by atoms with Gasteiger partial charge in [-0.2, -0.15) is 0 Å². The molecule has 1 unspecified atom stereocenters. The highest BCUT2D eigenvalue weighted by atomic mass is 16.7. The summed E-state index contributed by atoms with van der Waals surface area (Å²) in [4.78, 5) is 20.6. The quantitative estimate of drug-likeness (QED) is 0.482. The molecule has 0 aliphatic heterocycles. The Labute approximate surface area is 109 Å². The van der Waals surface area contributed by atoms with Crippen molar-refractivity contribution in [3.8, 4) is 0 Å². The summed E-state index contributed by atoms with van der Waals surface area (Å²) >= 11 is 0. The monoisotopic (exact) mass is 269 g/mol. The van der Waals surface area contributed by atoms with E-state index in [1.165, 1.54) is 38.1 Å². The standard InChI is InChI=1S/C12H15NO6/c1-12(2,16)7-10(19-11(14)15)8-3-5-9(6-4-8)13(17)18/h3-6,10,16H,7H2,1-2H3,(H,14,15). The molecule has 0 saturated heterocycles. The molecule has 0 bridgehead atoms. The van der Waals surface area contributed by atoms with Gasteiger partial charge in [0, 0.05) is 18.6 Å². The van der Waals surface area contributed by atoms with Gasteiger partial charge < -0.3 is 14.9 Å². The van der Waals surface area contributed by atoms with Crippen LogP contribution in [0.4, 0.5) is 10.5 Å². The molecule has 1 atom stereocenters. The third-order valence-electron chi connectivity index (χ3n) is 2.40. The first-order chi connectivity index (χ1) is 8.69. The van der Waals surface area contributed by atoms with Crippen LogP contribution < -0.4 is 0 Å². The fraction of sp³-hybridized carbons (Fsp3) is 0.417. The van der Waals surface area contributed by atoms with Gasteiger partial charge in [-0.3, -0.25) is 10.1 Å². The summed E-state index contributed by atoms with van der Waals surface area (Å²) in [5, 5.41) is 28.9. The topological polar surface area (TPSA) is 110 Å². The molecule has 0 spiro atoms. The van der Waals surface area contributed by atoms with Crippen LogP contribution in [0.2, 0.25) is 0 Å². The van der Waals surface area contributed by atoms with Gasteiger partial charge in [-0.15, -0.1) is 0 Å². The summed E-state index contributed by atoms with van der Waals surface area (Å²) < 4.78 is 4.70. The van der Waals surface area contributed by atoms with E-state index in [1.54, 1.807) is 0 Å². The van der Waals surface area contributed by atoms with E-state index >= 15 is 0 Å². The Bertz CT molecular complexity index is 462. The summed E-state index contributed by atoms with van der Waals surface area (Å²) in [6.07, 6.45) is -2.29. The van der Waals surface area contributed by atoms with E-state index < -0.39 is 22.8 Å². The SMILES string of the molecule is CC(C)(O)CC(OC(=O)O)c1ccc([N+](=O)[O-])cc1. The summed E-state index contributed by atoms with van der Waals surface area (Å²) in [6.45, 7) is 3.05. The average molecular weight is 269 g/mol. The van der Waals surface area contributed by atoms with Crippen molar-refractivity contribution in [2.24, 2.45) is 0 Å². The molecule has 0 aliphatic rings. The zero-order valence-electron chi connectivity index (χ0n) is 10.6. The lowest BCUT2D eigenvalue weighted by atomic mass is 9.96. The molecule has 0 amide bonds. The number of benzene rings is 1.